The van der Waals surface area contributed by atoms with Crippen molar-refractivity contribution in [1.82, 2.24) is 9.88 Å². The van der Waals surface area contributed by atoms with Crippen LogP contribution < -0.4 is 4.90 Å². The molecule has 1 aliphatic heterocycles. The van der Waals surface area contributed by atoms with Gasteiger partial charge in [-0.05, 0) is 25.1 Å². The molecule has 1 aliphatic rings. The lowest BCUT2D eigenvalue weighted by Gasteiger charge is -2.34. The molecule has 0 bridgehead atoms. The van der Waals surface area contributed by atoms with E-state index in [1.54, 1.807) is 17.9 Å². The molecular weight excluding hydrogens is 332 g/mol. The Balaban J connectivity index is 1.67. The number of carbonyl (C=O) groups is 1. The maximum atomic E-state index is 12.3. The third-order valence-electron chi connectivity index (χ3n) is 4.14. The SMILES string of the molecule is Cc1ccc([N+](=O)[O-])c(N2CCN(C(=O)C#Cc3ccccc3)CC2)n1. The van der Waals surface area contributed by atoms with Crippen LogP contribution in [0, 0.1) is 28.9 Å². The third-order valence-corrected chi connectivity index (χ3v) is 4.14. The minimum atomic E-state index is -0.426. The Bertz CT molecular complexity index is 879. The number of rotatable bonds is 2. The first kappa shape index (κ1) is 17.4. The van der Waals surface area contributed by atoms with Crippen molar-refractivity contribution in [2.75, 3.05) is 31.1 Å². The molecule has 0 spiro atoms. The molecule has 0 saturated carbocycles. The quantitative estimate of drug-likeness (QED) is 0.470. The molecule has 0 radical (unpaired) electrons. The van der Waals surface area contributed by atoms with Crippen molar-refractivity contribution in [3.63, 3.8) is 0 Å². The van der Waals surface area contributed by atoms with Crippen LogP contribution in [0.1, 0.15) is 11.3 Å². The van der Waals surface area contributed by atoms with E-state index < -0.39 is 4.92 Å². The van der Waals surface area contributed by atoms with Gasteiger partial charge in [-0.1, -0.05) is 24.1 Å². The molecule has 3 rings (SSSR count). The van der Waals surface area contributed by atoms with E-state index in [1.165, 1.54) is 6.07 Å². The summed E-state index contributed by atoms with van der Waals surface area (Å²) >= 11 is 0. The van der Waals surface area contributed by atoms with Gasteiger partial charge in [-0.2, -0.15) is 0 Å². The summed E-state index contributed by atoms with van der Waals surface area (Å²) in [5.41, 5.74) is 1.50. The average Bonchev–Trinajstić information content (AvgIpc) is 2.66. The number of hydrogen-bond acceptors (Lipinski definition) is 5. The summed E-state index contributed by atoms with van der Waals surface area (Å²) in [7, 11) is 0. The molecule has 7 heteroatoms. The number of amides is 1. The molecule has 2 aromatic rings. The van der Waals surface area contributed by atoms with Crippen molar-refractivity contribution in [3.8, 4) is 11.8 Å². The van der Waals surface area contributed by atoms with Gasteiger partial charge in [-0.25, -0.2) is 4.98 Å². The van der Waals surface area contributed by atoms with Crippen LogP contribution in [0.5, 0.6) is 0 Å². The molecule has 1 aromatic carbocycles. The van der Waals surface area contributed by atoms with Gasteiger partial charge in [0.2, 0.25) is 5.82 Å². The van der Waals surface area contributed by atoms with Gasteiger partial charge in [-0.15, -0.1) is 0 Å². The molecule has 2 heterocycles. The molecule has 1 saturated heterocycles. The van der Waals surface area contributed by atoms with Gasteiger partial charge in [-0.3, -0.25) is 14.9 Å². The molecule has 132 valence electrons. The first-order valence-corrected chi connectivity index (χ1v) is 8.27. The maximum Gasteiger partial charge on any atom is 0.311 e. The van der Waals surface area contributed by atoms with Crippen molar-refractivity contribution in [2.24, 2.45) is 0 Å². The minimum Gasteiger partial charge on any atom is -0.347 e. The van der Waals surface area contributed by atoms with E-state index in [-0.39, 0.29) is 11.6 Å². The van der Waals surface area contributed by atoms with Gasteiger partial charge >= 0.3 is 5.69 Å². The van der Waals surface area contributed by atoms with Crippen LogP contribution in [-0.2, 0) is 4.79 Å². The van der Waals surface area contributed by atoms with E-state index in [1.807, 2.05) is 35.2 Å². The zero-order valence-corrected chi connectivity index (χ0v) is 14.4. The minimum absolute atomic E-state index is 0.0146. The number of nitrogens with zero attached hydrogens (tertiary/aromatic N) is 4. The Morgan fingerprint density at radius 2 is 1.81 bits per heavy atom. The van der Waals surface area contributed by atoms with Crippen LogP contribution in [0.3, 0.4) is 0 Å². The molecule has 0 N–H and O–H groups in total. The van der Waals surface area contributed by atoms with Gasteiger partial charge < -0.3 is 9.80 Å². The summed E-state index contributed by atoms with van der Waals surface area (Å²) in [6.07, 6.45) is 0. The largest absolute Gasteiger partial charge is 0.347 e. The predicted molar refractivity (Wildman–Crippen MR) is 97.7 cm³/mol. The number of aryl methyl sites for hydroxylation is 1. The number of piperazine rings is 1. The van der Waals surface area contributed by atoms with Crippen LogP contribution in [-0.4, -0.2) is 46.9 Å². The molecule has 0 aliphatic carbocycles. The van der Waals surface area contributed by atoms with Crippen molar-refractivity contribution in [2.45, 2.75) is 6.92 Å². The number of carbonyl (C=O) groups excluding carboxylic acids is 1. The van der Waals surface area contributed by atoms with Gasteiger partial charge in [0, 0.05) is 49.4 Å². The van der Waals surface area contributed by atoms with Crippen LogP contribution >= 0.6 is 0 Å². The van der Waals surface area contributed by atoms with Crippen molar-refractivity contribution in [3.05, 3.63) is 63.8 Å². The van der Waals surface area contributed by atoms with E-state index in [0.717, 1.165) is 11.3 Å². The number of pyridine rings is 1. The Hall–Kier alpha value is -3.40. The summed E-state index contributed by atoms with van der Waals surface area (Å²) in [4.78, 5) is 30.9. The third kappa shape index (κ3) is 3.98. The van der Waals surface area contributed by atoms with Crippen LogP contribution in [0.15, 0.2) is 42.5 Å². The van der Waals surface area contributed by atoms with Crippen molar-refractivity contribution < 1.29 is 9.72 Å². The standard InChI is InChI=1S/C19H18N4O3/c1-15-7-9-17(23(25)26)19(20-15)22-13-11-21(12-14-22)18(24)10-8-16-5-3-2-4-6-16/h2-7,9H,11-14H2,1H3. The average molecular weight is 350 g/mol. The fraction of sp³-hybridized carbons (Fsp3) is 0.263. The van der Waals surface area contributed by atoms with Crippen molar-refractivity contribution in [1.29, 1.82) is 0 Å². The molecule has 26 heavy (non-hydrogen) atoms. The smallest absolute Gasteiger partial charge is 0.311 e. The molecule has 7 nitrogen and oxygen atoms in total. The molecular formula is C19H18N4O3. The summed E-state index contributed by atoms with van der Waals surface area (Å²) < 4.78 is 0. The Morgan fingerprint density at radius 1 is 1.12 bits per heavy atom. The lowest BCUT2D eigenvalue weighted by atomic mass is 10.2. The fourth-order valence-electron chi connectivity index (χ4n) is 2.76. The molecule has 0 unspecified atom stereocenters. The fourth-order valence-corrected chi connectivity index (χ4v) is 2.76. The van der Waals surface area contributed by atoms with Gasteiger partial charge in [0.15, 0.2) is 0 Å². The highest BCUT2D eigenvalue weighted by Crippen LogP contribution is 2.26. The molecule has 0 atom stereocenters. The van der Waals surface area contributed by atoms with Crippen molar-refractivity contribution >= 4 is 17.4 Å². The van der Waals surface area contributed by atoms with Gasteiger partial charge in [0.1, 0.15) is 0 Å². The van der Waals surface area contributed by atoms with Gasteiger partial charge in [0.05, 0.1) is 4.92 Å². The van der Waals surface area contributed by atoms with E-state index in [2.05, 4.69) is 16.8 Å². The number of hydrogen-bond donors (Lipinski definition) is 0. The maximum absolute atomic E-state index is 12.3. The summed E-state index contributed by atoms with van der Waals surface area (Å²) in [6, 6.07) is 12.4. The monoisotopic (exact) mass is 350 g/mol. The zero-order chi connectivity index (χ0) is 18.5. The van der Waals surface area contributed by atoms with E-state index in [4.69, 9.17) is 0 Å². The second-order valence-electron chi connectivity index (χ2n) is 5.95. The summed E-state index contributed by atoms with van der Waals surface area (Å²) in [5, 5.41) is 11.2. The number of nitro groups is 1. The number of anilines is 1. The van der Waals surface area contributed by atoms with Crippen LogP contribution in [0.4, 0.5) is 11.5 Å². The normalized spacial score (nSPS) is 13.7. The summed E-state index contributed by atoms with van der Waals surface area (Å²) in [5.74, 6) is 5.64. The van der Waals surface area contributed by atoms with Gasteiger partial charge in [0.25, 0.3) is 5.91 Å². The Labute approximate surface area is 151 Å². The highest BCUT2D eigenvalue weighted by atomic mass is 16.6. The first-order chi connectivity index (χ1) is 12.5. The second-order valence-corrected chi connectivity index (χ2v) is 5.95. The lowest BCUT2D eigenvalue weighted by Crippen LogP contribution is -2.48. The van der Waals surface area contributed by atoms with E-state index >= 15 is 0 Å². The molecule has 1 amide bonds. The summed E-state index contributed by atoms with van der Waals surface area (Å²) in [6.45, 7) is 3.67. The predicted octanol–water partition coefficient (Wildman–Crippen LogP) is 2.00. The highest BCUT2D eigenvalue weighted by Gasteiger charge is 2.26. The van der Waals surface area contributed by atoms with E-state index in [9.17, 15) is 14.9 Å². The Morgan fingerprint density at radius 3 is 2.46 bits per heavy atom. The number of benzene rings is 1. The Kier molecular flexibility index (Phi) is 5.13. The lowest BCUT2D eigenvalue weighted by molar-refractivity contribution is -0.384. The topological polar surface area (TPSA) is 79.6 Å². The van der Waals surface area contributed by atoms with E-state index in [0.29, 0.717) is 32.0 Å². The second kappa shape index (κ2) is 7.66. The van der Waals surface area contributed by atoms with Crippen LogP contribution in [0.25, 0.3) is 0 Å². The van der Waals surface area contributed by atoms with Crippen LogP contribution in [0.2, 0.25) is 0 Å². The molecule has 1 fully saturated rings. The first-order valence-electron chi connectivity index (χ1n) is 8.27. The zero-order valence-electron chi connectivity index (χ0n) is 14.4. The highest BCUT2D eigenvalue weighted by molar-refractivity contribution is 5.94. The number of aromatic nitrogens is 1. The molecule has 1 aromatic heterocycles.